The first-order chi connectivity index (χ1) is 18.9. The number of carbonyl (C=O) groups is 2. The Hall–Kier alpha value is -3.73. The molecule has 0 aliphatic carbocycles. The van der Waals surface area contributed by atoms with Gasteiger partial charge in [-0.1, -0.05) is 11.8 Å². The number of ether oxygens (including phenoxy) is 1. The summed E-state index contributed by atoms with van der Waals surface area (Å²) < 4.78 is 5.81. The summed E-state index contributed by atoms with van der Waals surface area (Å²) in [6.45, 7) is 3.88. The zero-order chi connectivity index (χ0) is 27.4. The van der Waals surface area contributed by atoms with E-state index >= 15 is 0 Å². The molecule has 8 nitrogen and oxygen atoms in total. The summed E-state index contributed by atoms with van der Waals surface area (Å²) in [6, 6.07) is 13.3. The second-order valence-electron chi connectivity index (χ2n) is 9.38. The Bertz CT molecular complexity index is 1500. The smallest absolute Gasteiger partial charge is 0.256 e. The lowest BCUT2D eigenvalue weighted by molar-refractivity contribution is 0.0949. The summed E-state index contributed by atoms with van der Waals surface area (Å²) in [5.74, 6) is 0.428. The Labute approximate surface area is 235 Å². The van der Waals surface area contributed by atoms with Crippen molar-refractivity contribution in [1.82, 2.24) is 20.2 Å². The minimum absolute atomic E-state index is 0.205. The van der Waals surface area contributed by atoms with Crippen molar-refractivity contribution in [3.63, 3.8) is 0 Å². The fourth-order valence-corrected chi connectivity index (χ4v) is 6.09. The number of thiazole rings is 1. The van der Waals surface area contributed by atoms with E-state index in [-0.39, 0.29) is 11.8 Å². The Morgan fingerprint density at radius 2 is 1.90 bits per heavy atom. The van der Waals surface area contributed by atoms with Crippen LogP contribution in [0.3, 0.4) is 0 Å². The van der Waals surface area contributed by atoms with E-state index in [1.807, 2.05) is 37.3 Å². The minimum atomic E-state index is -0.208. The van der Waals surface area contributed by atoms with E-state index in [0.29, 0.717) is 30.0 Å². The molecule has 3 heterocycles. The number of pyridine rings is 1. The summed E-state index contributed by atoms with van der Waals surface area (Å²) in [7, 11) is 4.10. The fourth-order valence-electron chi connectivity index (χ4n) is 4.17. The summed E-state index contributed by atoms with van der Waals surface area (Å²) in [6.07, 6.45) is 6.05. The van der Waals surface area contributed by atoms with Gasteiger partial charge in [0.2, 0.25) is 0 Å². The lowest BCUT2D eigenvalue weighted by Gasteiger charge is -2.14. The third-order valence-electron chi connectivity index (χ3n) is 6.26. The van der Waals surface area contributed by atoms with Crippen LogP contribution in [0.15, 0.2) is 70.8 Å². The Morgan fingerprint density at radius 3 is 2.69 bits per heavy atom. The van der Waals surface area contributed by atoms with E-state index in [9.17, 15) is 9.59 Å². The highest BCUT2D eigenvalue weighted by Gasteiger charge is 2.24. The fraction of sp³-hybridized carbons (Fsp3) is 0.241. The van der Waals surface area contributed by atoms with Crippen molar-refractivity contribution in [3.05, 3.63) is 82.6 Å². The number of fused-ring (bicyclic) bond motifs is 2. The van der Waals surface area contributed by atoms with Crippen LogP contribution < -0.4 is 15.4 Å². The van der Waals surface area contributed by atoms with Crippen LogP contribution in [-0.4, -0.2) is 53.9 Å². The number of hydrogen-bond donors (Lipinski definition) is 2. The number of amides is 2. The third-order valence-corrected chi connectivity index (χ3v) is 8.41. The molecule has 39 heavy (non-hydrogen) atoms. The van der Waals surface area contributed by atoms with Crippen molar-refractivity contribution in [2.45, 2.75) is 29.7 Å². The van der Waals surface area contributed by atoms with Crippen LogP contribution in [0.25, 0.3) is 10.6 Å². The van der Waals surface area contributed by atoms with Gasteiger partial charge in [0.1, 0.15) is 10.8 Å². The quantitative estimate of drug-likeness (QED) is 0.262. The first-order valence-corrected chi connectivity index (χ1v) is 14.2. The van der Waals surface area contributed by atoms with Crippen LogP contribution in [0.4, 0.5) is 5.69 Å². The molecule has 0 saturated heterocycles. The number of anilines is 1. The van der Waals surface area contributed by atoms with Crippen LogP contribution in [0.5, 0.6) is 5.75 Å². The van der Waals surface area contributed by atoms with Gasteiger partial charge in [0, 0.05) is 50.9 Å². The van der Waals surface area contributed by atoms with Crippen molar-refractivity contribution < 1.29 is 14.3 Å². The molecule has 2 N–H and O–H groups in total. The predicted molar refractivity (Wildman–Crippen MR) is 155 cm³/mol. The normalized spacial score (nSPS) is 12.4. The van der Waals surface area contributed by atoms with Gasteiger partial charge in [0.15, 0.2) is 0 Å². The third kappa shape index (κ3) is 6.30. The van der Waals surface area contributed by atoms with Crippen LogP contribution in [0, 0.1) is 6.92 Å². The Morgan fingerprint density at radius 1 is 1.08 bits per heavy atom. The summed E-state index contributed by atoms with van der Waals surface area (Å²) >= 11 is 3.00. The average molecular weight is 560 g/mol. The van der Waals surface area contributed by atoms with E-state index < -0.39 is 0 Å². The van der Waals surface area contributed by atoms with Crippen molar-refractivity contribution in [2.75, 3.05) is 32.6 Å². The molecular formula is C29H29N5O3S2. The van der Waals surface area contributed by atoms with Crippen molar-refractivity contribution >= 4 is 40.6 Å². The zero-order valence-electron chi connectivity index (χ0n) is 22.0. The van der Waals surface area contributed by atoms with Gasteiger partial charge >= 0.3 is 0 Å². The second kappa shape index (κ2) is 12.0. The molecule has 1 aliphatic heterocycles. The number of nitrogens with one attached hydrogen (secondary N) is 2. The molecule has 200 valence electrons. The molecule has 1 aliphatic rings. The molecule has 2 aromatic carbocycles. The number of carbonyl (C=O) groups excluding carboxylic acids is 2. The number of hydrogen-bond acceptors (Lipinski definition) is 8. The number of benzene rings is 2. The largest absolute Gasteiger partial charge is 0.494 e. The van der Waals surface area contributed by atoms with Gasteiger partial charge in [-0.15, -0.1) is 11.3 Å². The maximum absolute atomic E-state index is 13.1. The minimum Gasteiger partial charge on any atom is -0.494 e. The van der Waals surface area contributed by atoms with Gasteiger partial charge in [-0.3, -0.25) is 14.6 Å². The molecule has 5 rings (SSSR count). The van der Waals surface area contributed by atoms with E-state index in [0.717, 1.165) is 49.5 Å². The Kier molecular flexibility index (Phi) is 8.25. The number of aromatic nitrogens is 2. The molecule has 10 heteroatoms. The van der Waals surface area contributed by atoms with Gasteiger partial charge < -0.3 is 20.3 Å². The monoisotopic (exact) mass is 559 g/mol. The van der Waals surface area contributed by atoms with Crippen molar-refractivity contribution in [2.24, 2.45) is 0 Å². The lowest BCUT2D eigenvalue weighted by atomic mass is 10.1. The van der Waals surface area contributed by atoms with Gasteiger partial charge in [-0.25, -0.2) is 4.98 Å². The Balaban J connectivity index is 1.21. The van der Waals surface area contributed by atoms with E-state index in [1.165, 1.54) is 23.1 Å². The maximum atomic E-state index is 13.1. The van der Waals surface area contributed by atoms with Crippen LogP contribution in [0.1, 0.15) is 37.6 Å². The molecule has 0 fully saturated rings. The maximum Gasteiger partial charge on any atom is 0.256 e. The van der Waals surface area contributed by atoms with Crippen LogP contribution in [0.2, 0.25) is 0 Å². The van der Waals surface area contributed by atoms with Gasteiger partial charge in [-0.2, -0.15) is 0 Å². The standard InChI is InChI=1S/C29H29N5O3S2/c1-18-22(9-10-24-26(18)33-28(36)23-11-12-30-17-25(23)39-24)27(35)31-15-21-16-32-29(38-21)19-5-7-20(8-6-19)37-14-4-13-34(2)3/h5-12,16-17H,4,13-15H2,1-3H3,(H,31,35)(H,33,36). The van der Waals surface area contributed by atoms with Crippen LogP contribution >= 0.6 is 23.1 Å². The first kappa shape index (κ1) is 26.9. The summed E-state index contributed by atoms with van der Waals surface area (Å²) in [5, 5.41) is 6.85. The van der Waals surface area contributed by atoms with Gasteiger partial charge in [0.05, 0.1) is 24.4 Å². The molecule has 0 unspecified atom stereocenters. The molecule has 0 radical (unpaired) electrons. The molecule has 2 aromatic heterocycles. The topological polar surface area (TPSA) is 96.5 Å². The second-order valence-corrected chi connectivity index (χ2v) is 11.6. The highest BCUT2D eigenvalue weighted by atomic mass is 32.2. The molecule has 0 spiro atoms. The van der Waals surface area contributed by atoms with Crippen molar-refractivity contribution in [3.8, 4) is 16.3 Å². The van der Waals surface area contributed by atoms with E-state index in [4.69, 9.17) is 4.74 Å². The average Bonchev–Trinajstić information content (AvgIpc) is 3.35. The van der Waals surface area contributed by atoms with Gasteiger partial charge in [-0.05, 0) is 75.5 Å². The van der Waals surface area contributed by atoms with Crippen molar-refractivity contribution in [1.29, 1.82) is 0 Å². The molecule has 0 bridgehead atoms. The van der Waals surface area contributed by atoms with Crippen LogP contribution in [-0.2, 0) is 6.54 Å². The molecule has 0 saturated carbocycles. The van der Waals surface area contributed by atoms with E-state index in [2.05, 4.69) is 39.6 Å². The molecule has 0 atom stereocenters. The highest BCUT2D eigenvalue weighted by molar-refractivity contribution is 7.99. The highest BCUT2D eigenvalue weighted by Crippen LogP contribution is 2.40. The van der Waals surface area contributed by atoms with Gasteiger partial charge in [0.25, 0.3) is 11.8 Å². The van der Waals surface area contributed by atoms with E-state index in [1.54, 1.807) is 30.7 Å². The molecule has 4 aromatic rings. The predicted octanol–water partition coefficient (Wildman–Crippen LogP) is 5.49. The number of rotatable bonds is 9. The molecular weight excluding hydrogens is 530 g/mol. The number of nitrogens with zero attached hydrogens (tertiary/aromatic N) is 3. The lowest BCUT2D eigenvalue weighted by Crippen LogP contribution is -2.24. The zero-order valence-corrected chi connectivity index (χ0v) is 23.6. The first-order valence-electron chi connectivity index (χ1n) is 12.6. The SMILES string of the molecule is Cc1c(C(=O)NCc2cnc(-c3ccc(OCCCN(C)C)cc3)s2)ccc2c1NC(=O)c1ccncc1S2. The molecule has 2 amide bonds. The summed E-state index contributed by atoms with van der Waals surface area (Å²) in [5.41, 5.74) is 3.47. The summed E-state index contributed by atoms with van der Waals surface area (Å²) in [4.78, 5) is 39.3.